The zero-order chi connectivity index (χ0) is 13.7. The van der Waals surface area contributed by atoms with Crippen LogP contribution in [0.1, 0.15) is 52.7 Å². The van der Waals surface area contributed by atoms with Gasteiger partial charge in [0.15, 0.2) is 0 Å². The van der Waals surface area contributed by atoms with Crippen LogP contribution < -0.4 is 5.32 Å². The highest BCUT2D eigenvalue weighted by Gasteiger charge is 2.18. The molecule has 1 amide bonds. The smallest absolute Gasteiger partial charge is 0.261 e. The number of carbonyl (C=O) groups excluding carboxylic acids is 1. The topological polar surface area (TPSA) is 29.1 Å². The molecule has 4 heteroatoms. The molecule has 19 heavy (non-hydrogen) atoms. The lowest BCUT2D eigenvalue weighted by molar-refractivity contribution is 0.0950. The van der Waals surface area contributed by atoms with Gasteiger partial charge in [0, 0.05) is 16.8 Å². The van der Waals surface area contributed by atoms with Crippen LogP contribution >= 0.6 is 27.3 Å². The molecule has 0 aliphatic heterocycles. The Kier molecular flexibility index (Phi) is 5.89. The van der Waals surface area contributed by atoms with E-state index in [1.54, 1.807) is 11.3 Å². The van der Waals surface area contributed by atoms with Crippen LogP contribution in [0.25, 0.3) is 0 Å². The Morgan fingerprint density at radius 3 is 3.00 bits per heavy atom. The van der Waals surface area contributed by atoms with E-state index in [0.717, 1.165) is 36.0 Å². The fourth-order valence-electron chi connectivity index (χ4n) is 2.68. The highest BCUT2D eigenvalue weighted by atomic mass is 79.9. The van der Waals surface area contributed by atoms with Crippen molar-refractivity contribution in [2.75, 3.05) is 11.9 Å². The molecule has 106 valence electrons. The lowest BCUT2D eigenvalue weighted by Crippen LogP contribution is -2.29. The van der Waals surface area contributed by atoms with E-state index in [9.17, 15) is 4.79 Å². The van der Waals surface area contributed by atoms with Gasteiger partial charge in [-0.3, -0.25) is 4.79 Å². The summed E-state index contributed by atoms with van der Waals surface area (Å²) in [5.41, 5.74) is 1.40. The van der Waals surface area contributed by atoms with Crippen LogP contribution in [0.4, 0.5) is 0 Å². The summed E-state index contributed by atoms with van der Waals surface area (Å²) in [5.74, 6) is 0.718. The molecule has 0 fully saturated rings. The van der Waals surface area contributed by atoms with Crippen LogP contribution in [0, 0.1) is 5.92 Å². The van der Waals surface area contributed by atoms with Gasteiger partial charge in [0.1, 0.15) is 0 Å². The zero-order valence-corrected chi connectivity index (χ0v) is 13.9. The molecule has 1 aromatic rings. The van der Waals surface area contributed by atoms with Gasteiger partial charge in [-0.15, -0.1) is 11.3 Å². The molecule has 0 spiro atoms. The van der Waals surface area contributed by atoms with Crippen molar-refractivity contribution in [1.82, 2.24) is 5.32 Å². The highest BCUT2D eigenvalue weighted by Crippen LogP contribution is 2.30. The van der Waals surface area contributed by atoms with Gasteiger partial charge >= 0.3 is 0 Å². The van der Waals surface area contributed by atoms with Crippen LogP contribution in [-0.4, -0.2) is 17.8 Å². The van der Waals surface area contributed by atoms with Crippen LogP contribution in [0.3, 0.4) is 0 Å². The maximum atomic E-state index is 12.2. The van der Waals surface area contributed by atoms with E-state index >= 15 is 0 Å². The molecule has 0 saturated carbocycles. The minimum absolute atomic E-state index is 0.120. The summed E-state index contributed by atoms with van der Waals surface area (Å²) in [5, 5.41) is 4.12. The molecule has 1 heterocycles. The number of thiophene rings is 1. The average Bonchev–Trinajstić information content (AvgIpc) is 2.96. The van der Waals surface area contributed by atoms with Gasteiger partial charge in [-0.2, -0.15) is 0 Å². The van der Waals surface area contributed by atoms with Gasteiger partial charge in [-0.05, 0) is 49.7 Å². The maximum absolute atomic E-state index is 12.2. The van der Waals surface area contributed by atoms with Crippen LogP contribution in [-0.2, 0) is 12.8 Å². The summed E-state index contributed by atoms with van der Waals surface area (Å²) in [6, 6.07) is 2.10. The molecule has 0 bridgehead atoms. The number of alkyl halides is 1. The lowest BCUT2D eigenvalue weighted by Gasteiger charge is -2.15. The highest BCUT2D eigenvalue weighted by molar-refractivity contribution is 9.09. The van der Waals surface area contributed by atoms with Crippen molar-refractivity contribution >= 4 is 33.2 Å². The molecule has 1 atom stereocenters. The van der Waals surface area contributed by atoms with Crippen molar-refractivity contribution < 1.29 is 4.79 Å². The molecule has 1 N–H and O–H groups in total. The van der Waals surface area contributed by atoms with Crippen molar-refractivity contribution in [3.63, 3.8) is 0 Å². The summed E-state index contributed by atoms with van der Waals surface area (Å²) < 4.78 is 0. The first-order chi connectivity index (χ1) is 9.24. The Balaban J connectivity index is 1.85. The zero-order valence-electron chi connectivity index (χ0n) is 11.5. The maximum Gasteiger partial charge on any atom is 0.261 e. The third kappa shape index (κ3) is 4.06. The Morgan fingerprint density at radius 2 is 2.32 bits per heavy atom. The second-order valence-electron chi connectivity index (χ2n) is 5.26. The number of hydrogen-bond acceptors (Lipinski definition) is 2. The number of carbonyl (C=O) groups is 1. The van der Waals surface area contributed by atoms with E-state index in [1.165, 1.54) is 29.7 Å². The molecule has 1 unspecified atom stereocenters. The number of amides is 1. The summed E-state index contributed by atoms with van der Waals surface area (Å²) in [6.07, 6.45) is 7.08. The van der Waals surface area contributed by atoms with Crippen molar-refractivity contribution in [2.45, 2.75) is 45.4 Å². The monoisotopic (exact) mass is 343 g/mol. The summed E-state index contributed by atoms with van der Waals surface area (Å²) >= 11 is 5.18. The van der Waals surface area contributed by atoms with E-state index in [1.807, 2.05) is 0 Å². The summed E-state index contributed by atoms with van der Waals surface area (Å²) in [6.45, 7) is 3.01. The summed E-state index contributed by atoms with van der Waals surface area (Å²) in [4.78, 5) is 14.5. The molecule has 1 aliphatic carbocycles. The van der Waals surface area contributed by atoms with Crippen molar-refractivity contribution in [3.8, 4) is 0 Å². The quantitative estimate of drug-likeness (QED) is 0.739. The van der Waals surface area contributed by atoms with Gasteiger partial charge in [0.25, 0.3) is 5.91 Å². The predicted octanol–water partition coefficient (Wildman–Crippen LogP) is 4.17. The molecule has 0 aromatic carbocycles. The third-order valence-corrected chi connectivity index (χ3v) is 5.43. The van der Waals surface area contributed by atoms with E-state index in [4.69, 9.17) is 0 Å². The van der Waals surface area contributed by atoms with Gasteiger partial charge in [-0.25, -0.2) is 0 Å². The van der Waals surface area contributed by atoms with Crippen molar-refractivity contribution in [3.05, 3.63) is 21.4 Å². The number of rotatable bonds is 7. The van der Waals surface area contributed by atoms with Crippen LogP contribution in [0.2, 0.25) is 0 Å². The molecular weight excluding hydrogens is 322 g/mol. The minimum Gasteiger partial charge on any atom is -0.351 e. The van der Waals surface area contributed by atoms with E-state index in [0.29, 0.717) is 5.92 Å². The van der Waals surface area contributed by atoms with Crippen molar-refractivity contribution in [1.29, 1.82) is 0 Å². The fraction of sp³-hybridized carbons (Fsp3) is 0.667. The average molecular weight is 344 g/mol. The molecule has 1 aliphatic rings. The number of nitrogens with one attached hydrogen (secondary N) is 1. The lowest BCUT2D eigenvalue weighted by atomic mass is 10.0. The van der Waals surface area contributed by atoms with Crippen molar-refractivity contribution in [2.24, 2.45) is 5.92 Å². The number of aryl methyl sites for hydroxylation is 2. The normalized spacial score (nSPS) is 15.3. The predicted molar refractivity (Wildman–Crippen MR) is 85.5 cm³/mol. The van der Waals surface area contributed by atoms with Gasteiger partial charge < -0.3 is 5.32 Å². The largest absolute Gasteiger partial charge is 0.351 e. The number of halogens is 1. The van der Waals surface area contributed by atoms with E-state index < -0.39 is 0 Å². The Labute approximate surface area is 128 Å². The second-order valence-corrected chi connectivity index (χ2v) is 7.18. The standard InChI is InChI=1S/C15H22BrNOS/c1-2-4-11(7-8-16)10-17-15(18)14-9-12-5-3-6-13(12)19-14/h9,11H,2-8,10H2,1H3,(H,17,18). The molecule has 2 rings (SSSR count). The molecule has 0 radical (unpaired) electrons. The Morgan fingerprint density at radius 1 is 1.47 bits per heavy atom. The third-order valence-electron chi connectivity index (χ3n) is 3.74. The molecule has 0 saturated heterocycles. The fourth-order valence-corrected chi connectivity index (χ4v) is 4.49. The second kappa shape index (κ2) is 7.44. The van der Waals surface area contributed by atoms with E-state index in [-0.39, 0.29) is 5.91 Å². The molecular formula is C15H22BrNOS. The first-order valence-corrected chi connectivity index (χ1v) is 9.14. The summed E-state index contributed by atoms with van der Waals surface area (Å²) in [7, 11) is 0. The first kappa shape index (κ1) is 15.0. The Hall–Kier alpha value is -0.350. The molecule has 1 aromatic heterocycles. The minimum atomic E-state index is 0.120. The molecule has 2 nitrogen and oxygen atoms in total. The van der Waals surface area contributed by atoms with Gasteiger partial charge in [0.2, 0.25) is 0 Å². The SMILES string of the molecule is CCCC(CCBr)CNC(=O)c1cc2c(s1)CCC2. The van der Waals surface area contributed by atoms with E-state index in [2.05, 4.69) is 34.2 Å². The number of fused-ring (bicyclic) bond motifs is 1. The van der Waals surface area contributed by atoms with Crippen LogP contribution in [0.5, 0.6) is 0 Å². The van der Waals surface area contributed by atoms with Gasteiger partial charge in [-0.1, -0.05) is 29.3 Å². The number of hydrogen-bond donors (Lipinski definition) is 1. The first-order valence-electron chi connectivity index (χ1n) is 7.20. The Bertz CT molecular complexity index is 402. The van der Waals surface area contributed by atoms with Crippen LogP contribution in [0.15, 0.2) is 6.07 Å². The van der Waals surface area contributed by atoms with Gasteiger partial charge in [0.05, 0.1) is 4.88 Å².